The van der Waals surface area contributed by atoms with Gasteiger partial charge in [0.1, 0.15) is 42.7 Å². The number of carboxylic acids is 1. The number of hydrogen-bond donors (Lipinski definition) is 2. The Bertz CT molecular complexity index is 1270. The minimum atomic E-state index is -2.06. The molecule has 0 amide bonds. The number of aliphatic carboxylic acids is 1. The second-order valence-corrected chi connectivity index (χ2v) is 12.7. The fourth-order valence-corrected chi connectivity index (χ4v) is 6.16. The zero-order valence-corrected chi connectivity index (χ0v) is 27.6. The van der Waals surface area contributed by atoms with E-state index in [0.717, 1.165) is 11.1 Å². The zero-order chi connectivity index (χ0) is 33.8. The summed E-state index contributed by atoms with van der Waals surface area (Å²) in [4.78, 5) is 12.3. The third kappa shape index (κ3) is 8.74. The van der Waals surface area contributed by atoms with Crippen molar-refractivity contribution in [2.45, 2.75) is 114 Å². The highest BCUT2D eigenvalue weighted by Crippen LogP contribution is 2.41. The number of aliphatic hydroxyl groups is 1. The SMILES string of the molecule is COC(OC)[C@@H]1OC(C)(C)O[C@H]1[C@H](O[C@@H]1O[C@H](COCc2ccccc2)[C@@H]2OC(C)(C)O[C@@H]2[C@H]1OCc1ccccc1)[C@H](O)C(=O)O. The van der Waals surface area contributed by atoms with Gasteiger partial charge in [0.15, 0.2) is 30.3 Å². The van der Waals surface area contributed by atoms with Crippen LogP contribution in [0.25, 0.3) is 0 Å². The molecule has 3 aliphatic heterocycles. The Kier molecular flexibility index (Phi) is 11.7. The first kappa shape index (κ1) is 35.8. The molecule has 3 fully saturated rings. The number of aliphatic hydroxyl groups excluding tert-OH is 1. The van der Waals surface area contributed by atoms with E-state index in [1.54, 1.807) is 27.7 Å². The second kappa shape index (κ2) is 15.3. The van der Waals surface area contributed by atoms with E-state index in [1.165, 1.54) is 14.2 Å². The molecule has 47 heavy (non-hydrogen) atoms. The van der Waals surface area contributed by atoms with Gasteiger partial charge in [0.25, 0.3) is 0 Å². The minimum Gasteiger partial charge on any atom is -0.479 e. The maximum atomic E-state index is 12.3. The first-order valence-corrected chi connectivity index (χ1v) is 15.7. The molecule has 260 valence electrons. The number of fused-ring (bicyclic) bond motifs is 1. The highest BCUT2D eigenvalue weighted by Gasteiger charge is 2.59. The predicted octanol–water partition coefficient (Wildman–Crippen LogP) is 3.00. The van der Waals surface area contributed by atoms with Crippen LogP contribution in [0.1, 0.15) is 38.8 Å². The van der Waals surface area contributed by atoms with Crippen LogP contribution in [0.4, 0.5) is 0 Å². The van der Waals surface area contributed by atoms with Crippen LogP contribution in [0.5, 0.6) is 0 Å². The lowest BCUT2D eigenvalue weighted by Crippen LogP contribution is -2.62. The Hall–Kier alpha value is -2.53. The van der Waals surface area contributed by atoms with Crippen LogP contribution in [0.2, 0.25) is 0 Å². The lowest BCUT2D eigenvalue weighted by Gasteiger charge is -2.44. The van der Waals surface area contributed by atoms with E-state index in [2.05, 4.69) is 0 Å². The molecule has 0 spiro atoms. The van der Waals surface area contributed by atoms with E-state index in [1.807, 2.05) is 60.7 Å². The smallest absolute Gasteiger partial charge is 0.335 e. The predicted molar refractivity (Wildman–Crippen MR) is 164 cm³/mol. The normalized spacial score (nSPS) is 31.0. The zero-order valence-electron chi connectivity index (χ0n) is 27.6. The van der Waals surface area contributed by atoms with E-state index in [0.29, 0.717) is 6.61 Å². The number of carbonyl (C=O) groups is 1. The van der Waals surface area contributed by atoms with Gasteiger partial charge in [-0.1, -0.05) is 60.7 Å². The van der Waals surface area contributed by atoms with Crippen molar-refractivity contribution in [1.82, 2.24) is 0 Å². The molecule has 13 heteroatoms. The molecule has 0 saturated carbocycles. The molecule has 9 atom stereocenters. The fraction of sp³-hybridized carbons (Fsp3) is 0.618. The summed E-state index contributed by atoms with van der Waals surface area (Å²) >= 11 is 0. The van der Waals surface area contributed by atoms with E-state index >= 15 is 0 Å². The van der Waals surface area contributed by atoms with Crippen molar-refractivity contribution in [2.75, 3.05) is 20.8 Å². The van der Waals surface area contributed by atoms with Crippen LogP contribution in [0, 0.1) is 0 Å². The highest BCUT2D eigenvalue weighted by molar-refractivity contribution is 5.72. The van der Waals surface area contributed by atoms with Crippen LogP contribution >= 0.6 is 0 Å². The van der Waals surface area contributed by atoms with Crippen molar-refractivity contribution in [3.05, 3.63) is 71.8 Å². The van der Waals surface area contributed by atoms with E-state index < -0.39 is 79.0 Å². The van der Waals surface area contributed by atoms with E-state index in [4.69, 9.17) is 47.4 Å². The molecule has 3 heterocycles. The molecule has 3 saturated heterocycles. The fourth-order valence-electron chi connectivity index (χ4n) is 6.16. The number of benzene rings is 2. The van der Waals surface area contributed by atoms with E-state index in [9.17, 15) is 15.0 Å². The van der Waals surface area contributed by atoms with Crippen molar-refractivity contribution in [3.8, 4) is 0 Å². The summed E-state index contributed by atoms with van der Waals surface area (Å²) in [7, 11) is 2.83. The van der Waals surface area contributed by atoms with Crippen LogP contribution in [-0.2, 0) is 65.4 Å². The Morgan fingerprint density at radius 2 is 1.36 bits per heavy atom. The van der Waals surface area contributed by atoms with Gasteiger partial charge in [-0.2, -0.15) is 0 Å². The van der Waals surface area contributed by atoms with Gasteiger partial charge in [-0.3, -0.25) is 0 Å². The van der Waals surface area contributed by atoms with Gasteiger partial charge in [-0.05, 0) is 38.8 Å². The van der Waals surface area contributed by atoms with Gasteiger partial charge >= 0.3 is 5.97 Å². The minimum absolute atomic E-state index is 0.0983. The van der Waals surface area contributed by atoms with Gasteiger partial charge in [0.2, 0.25) is 0 Å². The van der Waals surface area contributed by atoms with Crippen molar-refractivity contribution >= 4 is 5.97 Å². The van der Waals surface area contributed by atoms with Gasteiger partial charge in [0, 0.05) is 14.2 Å². The molecule has 0 aromatic heterocycles. The molecular formula is C34H46O13. The third-order valence-corrected chi connectivity index (χ3v) is 8.19. The summed E-state index contributed by atoms with van der Waals surface area (Å²) < 4.78 is 61.2. The average molecular weight is 663 g/mol. The summed E-state index contributed by atoms with van der Waals surface area (Å²) in [5.41, 5.74) is 1.86. The molecule has 2 N–H and O–H groups in total. The van der Waals surface area contributed by atoms with E-state index in [-0.39, 0.29) is 13.2 Å². The van der Waals surface area contributed by atoms with Gasteiger partial charge < -0.3 is 57.6 Å². The monoisotopic (exact) mass is 662 g/mol. The maximum absolute atomic E-state index is 12.3. The van der Waals surface area contributed by atoms with Crippen molar-refractivity contribution < 1.29 is 62.4 Å². The summed E-state index contributed by atoms with van der Waals surface area (Å²) in [5, 5.41) is 21.1. The Labute approximate surface area is 274 Å². The summed E-state index contributed by atoms with van der Waals surface area (Å²) in [6.07, 6.45) is -10.9. The van der Waals surface area contributed by atoms with Crippen LogP contribution in [0.3, 0.4) is 0 Å². The molecule has 2 aromatic rings. The van der Waals surface area contributed by atoms with Crippen molar-refractivity contribution in [2.24, 2.45) is 0 Å². The Morgan fingerprint density at radius 1 is 0.809 bits per heavy atom. The topological polar surface area (TPSA) is 150 Å². The molecule has 2 aromatic carbocycles. The number of rotatable bonds is 15. The van der Waals surface area contributed by atoms with Gasteiger partial charge in [0.05, 0.1) is 19.8 Å². The number of ether oxygens (including phenoxy) is 10. The summed E-state index contributed by atoms with van der Waals surface area (Å²) in [6, 6.07) is 19.2. The molecule has 13 nitrogen and oxygen atoms in total. The number of methoxy groups -OCH3 is 2. The van der Waals surface area contributed by atoms with Crippen LogP contribution in [0.15, 0.2) is 60.7 Å². The molecule has 5 rings (SSSR count). The third-order valence-electron chi connectivity index (χ3n) is 8.19. The first-order chi connectivity index (χ1) is 22.4. The molecular weight excluding hydrogens is 616 g/mol. The molecule has 0 bridgehead atoms. The standard InChI is InChI=1S/C34H46O13/c1-33(2)44-24-22(19-40-17-20-13-9-7-10-14-20)42-32(28(26(24)45-33)41-18-21-15-11-8-12-16-21)43-25(23(35)30(36)37)27-29(31(38-5)39-6)47-34(3,4)46-27/h7-16,22-29,31-32,35H,17-19H2,1-6H3,(H,36,37)/t22-,23+,24+,25-,26+,27+,28-,29-,32+/m1/s1. The van der Waals surface area contributed by atoms with Crippen LogP contribution < -0.4 is 0 Å². The Morgan fingerprint density at radius 3 is 1.96 bits per heavy atom. The highest BCUT2D eigenvalue weighted by atomic mass is 16.8. The molecule has 0 aliphatic carbocycles. The summed E-state index contributed by atoms with van der Waals surface area (Å²) in [5.74, 6) is -3.72. The van der Waals surface area contributed by atoms with Crippen molar-refractivity contribution in [3.63, 3.8) is 0 Å². The van der Waals surface area contributed by atoms with Gasteiger partial charge in [-0.15, -0.1) is 0 Å². The number of carboxylic acid groups (broad SMARTS) is 1. The quantitative estimate of drug-likeness (QED) is 0.269. The lowest BCUT2D eigenvalue weighted by molar-refractivity contribution is -0.322. The maximum Gasteiger partial charge on any atom is 0.335 e. The van der Waals surface area contributed by atoms with Gasteiger partial charge in [-0.25, -0.2) is 4.79 Å². The number of hydrogen-bond acceptors (Lipinski definition) is 12. The molecule has 3 aliphatic rings. The average Bonchev–Trinajstić information content (AvgIpc) is 3.54. The molecule has 0 radical (unpaired) electrons. The summed E-state index contributed by atoms with van der Waals surface area (Å²) in [6.45, 7) is 7.48. The second-order valence-electron chi connectivity index (χ2n) is 12.7. The largest absolute Gasteiger partial charge is 0.479 e. The first-order valence-electron chi connectivity index (χ1n) is 15.7. The molecule has 0 unspecified atom stereocenters. The Balaban J connectivity index is 1.46. The van der Waals surface area contributed by atoms with Crippen LogP contribution in [-0.4, -0.2) is 110 Å². The lowest BCUT2D eigenvalue weighted by atomic mass is 9.97. The van der Waals surface area contributed by atoms with Crippen molar-refractivity contribution in [1.29, 1.82) is 0 Å².